The van der Waals surface area contributed by atoms with E-state index in [1.165, 1.54) is 72.8 Å². The molecule has 9 nitrogen and oxygen atoms in total. The molecule has 0 bridgehead atoms. The van der Waals surface area contributed by atoms with E-state index in [-0.39, 0.29) is 16.7 Å². The maximum atomic E-state index is 13.0. The van der Waals surface area contributed by atoms with E-state index in [0.717, 1.165) is 6.92 Å². The van der Waals surface area contributed by atoms with Gasteiger partial charge in [0, 0.05) is 22.0 Å². The maximum Gasteiger partial charge on any atom is 0.338 e. The second-order valence-corrected chi connectivity index (χ2v) is 9.82. The highest BCUT2D eigenvalue weighted by atomic mass is 35.5. The van der Waals surface area contributed by atoms with Crippen molar-refractivity contribution in [2.45, 2.75) is 31.5 Å². The molecule has 1 fully saturated rings. The zero-order valence-corrected chi connectivity index (χ0v) is 23.0. The molecule has 0 unspecified atom stereocenters. The van der Waals surface area contributed by atoms with Crippen LogP contribution in [-0.2, 0) is 28.5 Å². The summed E-state index contributed by atoms with van der Waals surface area (Å²) >= 11 is 17.7. The highest BCUT2D eigenvalue weighted by Crippen LogP contribution is 2.30. The van der Waals surface area contributed by atoms with Crippen LogP contribution in [0.15, 0.2) is 72.8 Å². The third-order valence-corrected chi connectivity index (χ3v) is 6.41. The Balaban J connectivity index is 1.59. The summed E-state index contributed by atoms with van der Waals surface area (Å²) in [5, 5.41) is 1.23. The Morgan fingerprint density at radius 1 is 0.625 bits per heavy atom. The van der Waals surface area contributed by atoms with Crippen LogP contribution in [0.25, 0.3) is 0 Å². The molecule has 3 aromatic carbocycles. The van der Waals surface area contributed by atoms with Crippen molar-refractivity contribution in [3.63, 3.8) is 0 Å². The summed E-state index contributed by atoms with van der Waals surface area (Å²) in [5.41, 5.74) is 0.478. The Labute approximate surface area is 243 Å². The number of rotatable bonds is 8. The van der Waals surface area contributed by atoms with Crippen LogP contribution in [0.2, 0.25) is 15.1 Å². The molecule has 3 aromatic rings. The fraction of sp³-hybridized carbons (Fsp3) is 0.214. The van der Waals surface area contributed by atoms with Gasteiger partial charge in [0.15, 0.2) is 6.10 Å². The maximum absolute atomic E-state index is 13.0. The molecule has 0 aromatic heterocycles. The fourth-order valence-electron chi connectivity index (χ4n) is 3.73. The van der Waals surface area contributed by atoms with Crippen LogP contribution >= 0.6 is 34.8 Å². The number of hydrogen-bond acceptors (Lipinski definition) is 9. The smallest absolute Gasteiger partial charge is 0.338 e. The van der Waals surface area contributed by atoms with Gasteiger partial charge < -0.3 is 23.7 Å². The van der Waals surface area contributed by atoms with Crippen LogP contribution in [0.3, 0.4) is 0 Å². The number of esters is 4. The molecule has 0 radical (unpaired) electrons. The first kappa shape index (κ1) is 29.4. The van der Waals surface area contributed by atoms with Crippen LogP contribution in [0.5, 0.6) is 0 Å². The third kappa shape index (κ3) is 7.51. The first-order chi connectivity index (χ1) is 19.1. The predicted octanol–water partition coefficient (Wildman–Crippen LogP) is 5.54. The average molecular weight is 608 g/mol. The minimum Gasteiger partial charge on any atom is -0.459 e. The van der Waals surface area contributed by atoms with Gasteiger partial charge in [0.05, 0.1) is 16.7 Å². The van der Waals surface area contributed by atoms with E-state index in [0.29, 0.717) is 15.1 Å². The van der Waals surface area contributed by atoms with Crippen molar-refractivity contribution in [1.82, 2.24) is 0 Å². The van der Waals surface area contributed by atoms with Crippen LogP contribution < -0.4 is 0 Å². The summed E-state index contributed by atoms with van der Waals surface area (Å²) < 4.78 is 27.7. The molecule has 4 atom stereocenters. The average Bonchev–Trinajstić information content (AvgIpc) is 3.22. The van der Waals surface area contributed by atoms with Gasteiger partial charge in [-0.25, -0.2) is 14.4 Å². The lowest BCUT2D eigenvalue weighted by molar-refractivity contribution is -0.187. The summed E-state index contributed by atoms with van der Waals surface area (Å²) in [5.74, 6) is -3.10. The molecular formula is C28H21Cl3O9. The van der Waals surface area contributed by atoms with Crippen molar-refractivity contribution in [1.29, 1.82) is 0 Å². The summed E-state index contributed by atoms with van der Waals surface area (Å²) in [6.07, 6.45) is -5.42. The Hall–Kier alpha value is -3.63. The van der Waals surface area contributed by atoms with Gasteiger partial charge >= 0.3 is 23.9 Å². The topological polar surface area (TPSA) is 114 Å². The molecule has 0 aliphatic carbocycles. The largest absolute Gasteiger partial charge is 0.459 e. The second kappa shape index (κ2) is 13.1. The van der Waals surface area contributed by atoms with E-state index in [9.17, 15) is 19.2 Å². The van der Waals surface area contributed by atoms with Crippen molar-refractivity contribution in [3.8, 4) is 0 Å². The quantitative estimate of drug-likeness (QED) is 0.240. The van der Waals surface area contributed by atoms with E-state index in [1.807, 2.05) is 0 Å². The molecule has 208 valence electrons. The van der Waals surface area contributed by atoms with E-state index in [4.69, 9.17) is 58.5 Å². The van der Waals surface area contributed by atoms with Gasteiger partial charge in [-0.15, -0.1) is 0 Å². The number of ether oxygens (including phenoxy) is 5. The first-order valence-corrected chi connectivity index (χ1v) is 12.9. The van der Waals surface area contributed by atoms with Gasteiger partial charge in [-0.1, -0.05) is 34.8 Å². The highest BCUT2D eigenvalue weighted by Gasteiger charge is 2.52. The molecule has 1 aliphatic heterocycles. The van der Waals surface area contributed by atoms with Gasteiger partial charge in [0.25, 0.3) is 0 Å². The summed E-state index contributed by atoms with van der Waals surface area (Å²) in [6.45, 7) is 0.691. The molecule has 4 rings (SSSR count). The van der Waals surface area contributed by atoms with E-state index >= 15 is 0 Å². The zero-order valence-electron chi connectivity index (χ0n) is 20.8. The van der Waals surface area contributed by atoms with Gasteiger partial charge in [0.2, 0.25) is 12.4 Å². The highest BCUT2D eigenvalue weighted by molar-refractivity contribution is 6.31. The van der Waals surface area contributed by atoms with Crippen molar-refractivity contribution >= 4 is 58.7 Å². The lowest BCUT2D eigenvalue weighted by Gasteiger charge is -2.24. The monoisotopic (exact) mass is 606 g/mol. The minimum absolute atomic E-state index is 0.131. The molecule has 0 N–H and O–H groups in total. The van der Waals surface area contributed by atoms with Crippen LogP contribution in [0, 0.1) is 0 Å². The Bertz CT molecular complexity index is 1380. The normalized spacial score (nSPS) is 19.9. The Morgan fingerprint density at radius 2 is 1.02 bits per heavy atom. The summed E-state index contributed by atoms with van der Waals surface area (Å²) in [4.78, 5) is 50.4. The number of carbonyl (C=O) groups is 4. The van der Waals surface area contributed by atoms with Crippen LogP contribution in [-0.4, -0.2) is 55.1 Å². The lowest BCUT2D eigenvalue weighted by atomic mass is 10.1. The molecule has 0 amide bonds. The van der Waals surface area contributed by atoms with Gasteiger partial charge in [-0.3, -0.25) is 4.79 Å². The Kier molecular flexibility index (Phi) is 9.65. The van der Waals surface area contributed by atoms with Crippen molar-refractivity contribution in [2.75, 3.05) is 6.61 Å². The van der Waals surface area contributed by atoms with Gasteiger partial charge in [-0.2, -0.15) is 0 Å². The fourth-order valence-corrected chi connectivity index (χ4v) is 4.11. The lowest BCUT2D eigenvalue weighted by Crippen LogP contribution is -2.42. The Morgan fingerprint density at radius 3 is 1.45 bits per heavy atom. The predicted molar refractivity (Wildman–Crippen MR) is 143 cm³/mol. The molecule has 1 heterocycles. The number of benzene rings is 3. The molecule has 40 heavy (non-hydrogen) atoms. The zero-order chi connectivity index (χ0) is 28.8. The van der Waals surface area contributed by atoms with Crippen LogP contribution in [0.1, 0.15) is 38.0 Å². The van der Waals surface area contributed by atoms with E-state index < -0.39 is 55.1 Å². The van der Waals surface area contributed by atoms with Crippen molar-refractivity contribution in [3.05, 3.63) is 105 Å². The molecule has 12 heteroatoms. The third-order valence-electron chi connectivity index (χ3n) is 5.65. The van der Waals surface area contributed by atoms with Gasteiger partial charge in [0.1, 0.15) is 12.7 Å². The number of hydrogen-bond donors (Lipinski definition) is 0. The van der Waals surface area contributed by atoms with Crippen LogP contribution in [0.4, 0.5) is 0 Å². The molecule has 1 aliphatic rings. The molecule has 0 spiro atoms. The second-order valence-electron chi connectivity index (χ2n) is 8.51. The van der Waals surface area contributed by atoms with Gasteiger partial charge in [-0.05, 0) is 72.8 Å². The summed E-state index contributed by atoms with van der Waals surface area (Å²) in [6, 6.07) is 17.7. The van der Waals surface area contributed by atoms with E-state index in [1.54, 1.807) is 0 Å². The first-order valence-electron chi connectivity index (χ1n) is 11.8. The standard InChI is InChI=1S/C28H21Cl3O9/c1-15(32)37-28-24(40-27(35)18-6-12-21(31)13-7-18)23(39-26(34)17-4-10-20(30)11-5-17)22(38-28)14-36-25(33)16-2-8-19(29)9-3-16/h2-13,22-24,28H,14H2,1H3/t22-,23-,24-,28-/m0/s1. The van der Waals surface area contributed by atoms with E-state index in [2.05, 4.69) is 0 Å². The summed E-state index contributed by atoms with van der Waals surface area (Å²) in [7, 11) is 0. The minimum atomic E-state index is -1.48. The molecule has 0 saturated carbocycles. The molecular weight excluding hydrogens is 587 g/mol. The SMILES string of the molecule is CC(=O)O[C@H]1O[C@@H](COC(=O)c2ccc(Cl)cc2)[C@H](OC(=O)c2ccc(Cl)cc2)[C@@H]1OC(=O)c1ccc(Cl)cc1. The number of carbonyl (C=O) groups excluding carboxylic acids is 4. The van der Waals surface area contributed by atoms with Crippen molar-refractivity contribution in [2.24, 2.45) is 0 Å². The number of halogens is 3. The molecule has 1 saturated heterocycles. The van der Waals surface area contributed by atoms with Crippen molar-refractivity contribution < 1.29 is 42.9 Å².